The van der Waals surface area contributed by atoms with Crippen molar-refractivity contribution < 1.29 is 13.2 Å². The van der Waals surface area contributed by atoms with Crippen molar-refractivity contribution in [1.82, 2.24) is 14.7 Å². The number of imidazole rings is 1. The molecule has 0 spiro atoms. The summed E-state index contributed by atoms with van der Waals surface area (Å²) in [7, 11) is -3.76. The first kappa shape index (κ1) is 19.8. The van der Waals surface area contributed by atoms with Crippen molar-refractivity contribution in [3.8, 4) is 0 Å². The lowest BCUT2D eigenvalue weighted by molar-refractivity contribution is 0.102. The summed E-state index contributed by atoms with van der Waals surface area (Å²) < 4.78 is 27.7. The van der Waals surface area contributed by atoms with Gasteiger partial charge in [0, 0.05) is 16.8 Å². The molecule has 1 aromatic heterocycles. The van der Waals surface area contributed by atoms with Gasteiger partial charge in [-0.15, -0.1) is 0 Å². The number of rotatable bonds is 4. The molecule has 0 aliphatic rings. The van der Waals surface area contributed by atoms with E-state index >= 15 is 0 Å². The number of H-pyrrole nitrogens is 2. The Morgan fingerprint density at radius 1 is 1.00 bits per heavy atom. The molecular formula is C19H22N4O4S. The highest BCUT2D eigenvalue weighted by molar-refractivity contribution is 7.89. The van der Waals surface area contributed by atoms with Crippen LogP contribution in [0, 0.1) is 6.92 Å². The molecule has 4 N–H and O–H groups in total. The van der Waals surface area contributed by atoms with Crippen LogP contribution in [0.15, 0.2) is 46.1 Å². The van der Waals surface area contributed by atoms with Crippen molar-refractivity contribution in [1.29, 1.82) is 0 Å². The van der Waals surface area contributed by atoms with Crippen LogP contribution >= 0.6 is 0 Å². The lowest BCUT2D eigenvalue weighted by atomic mass is 10.1. The van der Waals surface area contributed by atoms with Crippen LogP contribution in [0.5, 0.6) is 0 Å². The zero-order valence-electron chi connectivity index (χ0n) is 16.0. The van der Waals surface area contributed by atoms with E-state index < -0.39 is 21.5 Å². The average Bonchev–Trinajstić information content (AvgIpc) is 2.92. The molecule has 0 aliphatic heterocycles. The number of anilines is 1. The van der Waals surface area contributed by atoms with Gasteiger partial charge in [0.1, 0.15) is 0 Å². The molecule has 28 heavy (non-hydrogen) atoms. The first-order valence-corrected chi connectivity index (χ1v) is 10.1. The topological polar surface area (TPSA) is 124 Å². The second kappa shape index (κ2) is 6.92. The lowest BCUT2D eigenvalue weighted by Gasteiger charge is -2.20. The number of carbonyl (C=O) groups excluding carboxylic acids is 1. The number of hydrogen-bond donors (Lipinski definition) is 4. The van der Waals surface area contributed by atoms with Gasteiger partial charge in [0.05, 0.1) is 15.9 Å². The number of aryl methyl sites for hydroxylation is 1. The van der Waals surface area contributed by atoms with Crippen molar-refractivity contribution in [2.75, 3.05) is 5.32 Å². The van der Waals surface area contributed by atoms with Gasteiger partial charge in [-0.3, -0.25) is 4.79 Å². The van der Waals surface area contributed by atoms with E-state index in [2.05, 4.69) is 20.0 Å². The van der Waals surface area contributed by atoms with Crippen LogP contribution in [0.3, 0.4) is 0 Å². The van der Waals surface area contributed by atoms with Gasteiger partial charge in [0.25, 0.3) is 5.91 Å². The molecule has 0 saturated carbocycles. The molecule has 0 aliphatic carbocycles. The number of amides is 1. The molecule has 0 unspecified atom stereocenters. The second-order valence-corrected chi connectivity index (χ2v) is 9.31. The van der Waals surface area contributed by atoms with Gasteiger partial charge in [-0.05, 0) is 63.6 Å². The number of fused-ring (bicyclic) bond motifs is 1. The van der Waals surface area contributed by atoms with Crippen LogP contribution in [0.2, 0.25) is 0 Å². The van der Waals surface area contributed by atoms with Crippen molar-refractivity contribution in [2.45, 2.75) is 38.1 Å². The molecule has 3 aromatic rings. The Bertz CT molecular complexity index is 1220. The molecular weight excluding hydrogens is 380 g/mol. The van der Waals surface area contributed by atoms with Crippen LogP contribution < -0.4 is 15.7 Å². The van der Waals surface area contributed by atoms with E-state index in [-0.39, 0.29) is 16.1 Å². The fourth-order valence-electron chi connectivity index (χ4n) is 2.78. The summed E-state index contributed by atoms with van der Waals surface area (Å²) in [5.41, 5.74) is 1.58. The predicted octanol–water partition coefficient (Wildman–Crippen LogP) is 2.49. The summed E-state index contributed by atoms with van der Waals surface area (Å²) in [4.78, 5) is 29.4. The molecule has 1 heterocycles. The Morgan fingerprint density at radius 3 is 2.36 bits per heavy atom. The van der Waals surface area contributed by atoms with Crippen LogP contribution in [0.4, 0.5) is 5.69 Å². The van der Waals surface area contributed by atoms with Crippen molar-refractivity contribution >= 4 is 32.7 Å². The number of aromatic nitrogens is 2. The Hall–Kier alpha value is -2.91. The largest absolute Gasteiger partial charge is 0.323 e. The Kier molecular flexibility index (Phi) is 4.90. The number of carbonyl (C=O) groups is 1. The van der Waals surface area contributed by atoms with E-state index in [0.717, 1.165) is 0 Å². The van der Waals surface area contributed by atoms with Gasteiger partial charge in [-0.2, -0.15) is 0 Å². The quantitative estimate of drug-likeness (QED) is 0.535. The van der Waals surface area contributed by atoms with E-state index in [1.165, 1.54) is 12.1 Å². The Balaban J connectivity index is 1.91. The first-order chi connectivity index (χ1) is 12.9. The maximum absolute atomic E-state index is 12.7. The molecule has 148 valence electrons. The smallest absolute Gasteiger partial charge is 0.322 e. The van der Waals surface area contributed by atoms with Crippen LogP contribution in [0.25, 0.3) is 11.0 Å². The highest BCUT2D eigenvalue weighted by atomic mass is 32.2. The van der Waals surface area contributed by atoms with E-state index in [0.29, 0.717) is 22.3 Å². The molecule has 2 aromatic carbocycles. The Labute approximate surface area is 162 Å². The minimum absolute atomic E-state index is 0.0172. The zero-order valence-corrected chi connectivity index (χ0v) is 16.8. The van der Waals surface area contributed by atoms with Crippen molar-refractivity contribution in [2.24, 2.45) is 0 Å². The highest BCUT2D eigenvalue weighted by Crippen LogP contribution is 2.20. The minimum Gasteiger partial charge on any atom is -0.322 e. The van der Waals surface area contributed by atoms with Crippen LogP contribution in [-0.4, -0.2) is 29.8 Å². The third-order valence-electron chi connectivity index (χ3n) is 3.98. The number of benzene rings is 2. The van der Waals surface area contributed by atoms with Gasteiger partial charge in [-0.25, -0.2) is 17.9 Å². The average molecular weight is 402 g/mol. The normalized spacial score (nSPS) is 12.3. The Morgan fingerprint density at radius 2 is 1.68 bits per heavy atom. The minimum atomic E-state index is -3.76. The van der Waals surface area contributed by atoms with Gasteiger partial charge in [0.15, 0.2) is 0 Å². The van der Waals surface area contributed by atoms with Gasteiger partial charge < -0.3 is 15.3 Å². The predicted molar refractivity (Wildman–Crippen MR) is 108 cm³/mol. The third-order valence-corrected chi connectivity index (χ3v) is 5.73. The number of sulfonamides is 1. The summed E-state index contributed by atoms with van der Waals surface area (Å²) in [6.45, 7) is 6.96. The summed E-state index contributed by atoms with van der Waals surface area (Å²) >= 11 is 0. The molecule has 8 nitrogen and oxygen atoms in total. The molecule has 0 atom stereocenters. The van der Waals surface area contributed by atoms with Crippen LogP contribution in [-0.2, 0) is 10.0 Å². The fourth-order valence-corrected chi connectivity index (χ4v) is 4.23. The number of aromatic amines is 2. The summed E-state index contributed by atoms with van der Waals surface area (Å²) in [6, 6.07) is 9.37. The fraction of sp³-hybridized carbons (Fsp3) is 0.263. The number of nitrogens with one attached hydrogen (secondary N) is 4. The van der Waals surface area contributed by atoms with E-state index in [4.69, 9.17) is 0 Å². The summed E-state index contributed by atoms with van der Waals surface area (Å²) in [5.74, 6) is -0.442. The maximum Gasteiger partial charge on any atom is 0.323 e. The zero-order chi connectivity index (χ0) is 20.7. The molecule has 0 saturated heterocycles. The van der Waals surface area contributed by atoms with Gasteiger partial charge >= 0.3 is 5.69 Å². The summed E-state index contributed by atoms with van der Waals surface area (Å²) in [5, 5.41) is 2.74. The van der Waals surface area contributed by atoms with E-state index in [1.54, 1.807) is 52.0 Å². The van der Waals surface area contributed by atoms with Crippen molar-refractivity contribution in [3.63, 3.8) is 0 Å². The third kappa shape index (κ3) is 4.32. The van der Waals surface area contributed by atoms with Gasteiger partial charge in [0.2, 0.25) is 10.0 Å². The molecule has 0 radical (unpaired) electrons. The maximum atomic E-state index is 12.7. The summed E-state index contributed by atoms with van der Waals surface area (Å²) in [6.07, 6.45) is 0. The first-order valence-electron chi connectivity index (χ1n) is 8.63. The molecule has 1 amide bonds. The second-order valence-electron chi connectivity index (χ2n) is 7.63. The highest BCUT2D eigenvalue weighted by Gasteiger charge is 2.23. The monoisotopic (exact) mass is 402 g/mol. The molecule has 9 heteroatoms. The number of hydrogen-bond acceptors (Lipinski definition) is 4. The standard InChI is InChI=1S/C19H22N4O4S/c1-11-5-7-13(28(26,27)23-19(2,3)4)10-14(11)17(24)20-12-6-8-15-16(9-12)22-18(25)21-15/h5-10,23H,1-4H3,(H,20,24)(H2,21,22,25). The SMILES string of the molecule is Cc1ccc(S(=O)(=O)NC(C)(C)C)cc1C(=O)Nc1ccc2[nH]c(=O)[nH]c2c1. The van der Waals surface area contributed by atoms with E-state index in [9.17, 15) is 18.0 Å². The van der Waals surface area contributed by atoms with Crippen molar-refractivity contribution in [3.05, 3.63) is 58.0 Å². The van der Waals surface area contributed by atoms with Crippen LogP contribution in [0.1, 0.15) is 36.7 Å². The molecule has 0 fully saturated rings. The molecule has 3 rings (SSSR count). The van der Waals surface area contributed by atoms with Gasteiger partial charge in [-0.1, -0.05) is 6.07 Å². The molecule has 0 bridgehead atoms. The lowest BCUT2D eigenvalue weighted by Crippen LogP contribution is -2.40. The van der Waals surface area contributed by atoms with E-state index in [1.807, 2.05) is 0 Å².